The lowest BCUT2D eigenvalue weighted by Gasteiger charge is -2.08. The minimum atomic E-state index is -4.49. The van der Waals surface area contributed by atoms with Gasteiger partial charge in [0.05, 0.1) is 42.2 Å². The number of hydrogen-bond donors (Lipinski definition) is 1. The van der Waals surface area contributed by atoms with Crippen molar-refractivity contribution in [3.8, 4) is 5.82 Å². The summed E-state index contributed by atoms with van der Waals surface area (Å²) in [6, 6.07) is 2.06. The lowest BCUT2D eigenvalue weighted by Crippen LogP contribution is -2.13. The quantitative estimate of drug-likeness (QED) is 0.631. The van der Waals surface area contributed by atoms with Gasteiger partial charge in [-0.25, -0.2) is 14.6 Å². The molecule has 0 aliphatic rings. The van der Waals surface area contributed by atoms with E-state index in [9.17, 15) is 22.8 Å². The van der Waals surface area contributed by atoms with Crippen LogP contribution in [-0.4, -0.2) is 38.7 Å². The maximum Gasteiger partial charge on any atom is 0.417 e. The van der Waals surface area contributed by atoms with Crippen LogP contribution in [0.5, 0.6) is 0 Å². The molecule has 1 amide bonds. The van der Waals surface area contributed by atoms with Gasteiger partial charge in [0.15, 0.2) is 10.9 Å². The zero-order valence-corrected chi connectivity index (χ0v) is 16.0. The summed E-state index contributed by atoms with van der Waals surface area (Å²) in [6.45, 7) is 1.59. The van der Waals surface area contributed by atoms with Gasteiger partial charge in [-0.3, -0.25) is 14.9 Å². The third-order valence-corrected chi connectivity index (χ3v) is 4.68. The van der Waals surface area contributed by atoms with Gasteiger partial charge >= 0.3 is 12.1 Å². The number of methoxy groups -OCH3 is 1. The van der Waals surface area contributed by atoms with Crippen molar-refractivity contribution in [2.75, 3.05) is 12.4 Å². The van der Waals surface area contributed by atoms with Crippen molar-refractivity contribution in [2.45, 2.75) is 19.5 Å². The topological polar surface area (TPSA) is 99.0 Å². The summed E-state index contributed by atoms with van der Waals surface area (Å²) in [7, 11) is 1.27. The van der Waals surface area contributed by atoms with Crippen molar-refractivity contribution in [3.05, 3.63) is 52.4 Å². The average Bonchev–Trinajstić information content (AvgIpc) is 3.27. The van der Waals surface area contributed by atoms with E-state index in [1.807, 2.05) is 0 Å². The zero-order chi connectivity index (χ0) is 21.2. The normalized spacial score (nSPS) is 11.3. The van der Waals surface area contributed by atoms with Crippen LogP contribution >= 0.6 is 11.3 Å². The van der Waals surface area contributed by atoms with Gasteiger partial charge in [0.1, 0.15) is 0 Å². The molecule has 0 aromatic carbocycles. The first-order valence-corrected chi connectivity index (χ1v) is 8.98. The second kappa shape index (κ2) is 7.99. The summed E-state index contributed by atoms with van der Waals surface area (Å²) in [4.78, 5) is 31.7. The molecular weight excluding hydrogens is 411 g/mol. The molecule has 29 heavy (non-hydrogen) atoms. The second-order valence-electron chi connectivity index (χ2n) is 5.81. The molecule has 3 heterocycles. The SMILES string of the molecule is COC(=O)Cc1csc(NC(=O)c2cnn(-c3ccc(C(F)(F)F)cn3)c2C)n1. The lowest BCUT2D eigenvalue weighted by molar-refractivity contribution is -0.140. The molecule has 8 nitrogen and oxygen atoms in total. The van der Waals surface area contributed by atoms with Crippen molar-refractivity contribution in [3.63, 3.8) is 0 Å². The van der Waals surface area contributed by atoms with Gasteiger partial charge in [-0.15, -0.1) is 11.3 Å². The fourth-order valence-electron chi connectivity index (χ4n) is 2.37. The van der Waals surface area contributed by atoms with E-state index in [2.05, 4.69) is 25.1 Å². The van der Waals surface area contributed by atoms with Crippen molar-refractivity contribution in [2.24, 2.45) is 0 Å². The summed E-state index contributed by atoms with van der Waals surface area (Å²) in [5, 5.41) is 8.53. The van der Waals surface area contributed by atoms with Crippen molar-refractivity contribution < 1.29 is 27.5 Å². The van der Waals surface area contributed by atoms with Gasteiger partial charge in [0.2, 0.25) is 0 Å². The summed E-state index contributed by atoms with van der Waals surface area (Å²) in [6.07, 6.45) is -2.52. The summed E-state index contributed by atoms with van der Waals surface area (Å²) in [5.74, 6) is -0.807. The number of carbonyl (C=O) groups is 2. The molecule has 152 valence electrons. The van der Waals surface area contributed by atoms with Gasteiger partial charge in [0.25, 0.3) is 5.91 Å². The Hall–Kier alpha value is -3.28. The average molecular weight is 425 g/mol. The molecule has 12 heteroatoms. The number of rotatable bonds is 5. The van der Waals surface area contributed by atoms with E-state index in [4.69, 9.17) is 0 Å². The van der Waals surface area contributed by atoms with Crippen LogP contribution in [0.3, 0.4) is 0 Å². The Balaban J connectivity index is 1.75. The number of ether oxygens (including phenoxy) is 1. The van der Waals surface area contributed by atoms with E-state index in [1.165, 1.54) is 24.1 Å². The molecule has 0 spiro atoms. The zero-order valence-electron chi connectivity index (χ0n) is 15.1. The predicted octanol–water partition coefficient (Wildman–Crippen LogP) is 3.02. The number of anilines is 1. The maximum absolute atomic E-state index is 12.7. The number of nitrogens with zero attached hydrogens (tertiary/aromatic N) is 4. The molecule has 1 N–H and O–H groups in total. The van der Waals surface area contributed by atoms with Crippen LogP contribution in [0, 0.1) is 6.92 Å². The van der Waals surface area contributed by atoms with Crippen molar-refractivity contribution >= 4 is 28.3 Å². The van der Waals surface area contributed by atoms with Crippen LogP contribution in [0.25, 0.3) is 5.82 Å². The van der Waals surface area contributed by atoms with Crippen LogP contribution in [-0.2, 0) is 22.1 Å². The summed E-state index contributed by atoms with van der Waals surface area (Å²) in [5.41, 5.74) is 0.173. The Morgan fingerprint density at radius 3 is 2.66 bits per heavy atom. The molecule has 0 bridgehead atoms. The Kier molecular flexibility index (Phi) is 5.64. The smallest absolute Gasteiger partial charge is 0.417 e. The number of alkyl halides is 3. The standard InChI is InChI=1S/C17H14F3N5O3S/c1-9-12(15(27)24-16-23-11(8-29-16)5-14(26)28-2)7-22-25(9)13-4-3-10(6-21-13)17(18,19)20/h3-4,6-8H,5H2,1-2H3,(H,23,24,27). The first-order valence-electron chi connectivity index (χ1n) is 8.10. The summed E-state index contributed by atoms with van der Waals surface area (Å²) >= 11 is 1.14. The minimum absolute atomic E-state index is 0.0145. The van der Waals surface area contributed by atoms with Crippen molar-refractivity contribution in [1.82, 2.24) is 19.7 Å². The van der Waals surface area contributed by atoms with Crippen LogP contribution < -0.4 is 5.32 Å². The molecule has 3 aromatic heterocycles. The fourth-order valence-corrected chi connectivity index (χ4v) is 3.08. The number of carbonyl (C=O) groups excluding carboxylic acids is 2. The number of amides is 1. The Morgan fingerprint density at radius 1 is 1.28 bits per heavy atom. The Bertz CT molecular complexity index is 1040. The first-order chi connectivity index (χ1) is 13.7. The third-order valence-electron chi connectivity index (χ3n) is 3.87. The van der Waals surface area contributed by atoms with Gasteiger partial charge in [-0.2, -0.15) is 18.3 Å². The number of hydrogen-bond acceptors (Lipinski definition) is 7. The van der Waals surface area contributed by atoms with Gasteiger partial charge in [0, 0.05) is 11.6 Å². The highest BCUT2D eigenvalue weighted by Gasteiger charge is 2.30. The van der Waals surface area contributed by atoms with E-state index in [1.54, 1.807) is 12.3 Å². The van der Waals surface area contributed by atoms with Crippen LogP contribution in [0.2, 0.25) is 0 Å². The Morgan fingerprint density at radius 2 is 2.03 bits per heavy atom. The van der Waals surface area contributed by atoms with Crippen LogP contribution in [0.4, 0.5) is 18.3 Å². The summed E-state index contributed by atoms with van der Waals surface area (Å²) < 4.78 is 43.8. The molecule has 0 saturated carbocycles. The van der Waals surface area contributed by atoms with Gasteiger partial charge in [-0.1, -0.05) is 0 Å². The second-order valence-corrected chi connectivity index (χ2v) is 6.67. The monoisotopic (exact) mass is 425 g/mol. The number of thiazole rings is 1. The highest BCUT2D eigenvalue weighted by atomic mass is 32.1. The number of nitrogens with one attached hydrogen (secondary N) is 1. The number of aromatic nitrogens is 4. The van der Waals surface area contributed by atoms with E-state index in [0.29, 0.717) is 17.6 Å². The molecule has 0 aliphatic carbocycles. The predicted molar refractivity (Wildman–Crippen MR) is 96.9 cm³/mol. The van der Waals surface area contributed by atoms with Gasteiger partial charge in [-0.05, 0) is 19.1 Å². The van der Waals surface area contributed by atoms with E-state index in [-0.39, 0.29) is 22.9 Å². The lowest BCUT2D eigenvalue weighted by atomic mass is 10.2. The third kappa shape index (κ3) is 4.59. The highest BCUT2D eigenvalue weighted by Crippen LogP contribution is 2.29. The molecular formula is C17H14F3N5O3S. The van der Waals surface area contributed by atoms with E-state index < -0.39 is 23.6 Å². The number of halogens is 3. The molecule has 0 aliphatic heterocycles. The Labute approximate surface area is 166 Å². The van der Waals surface area contributed by atoms with Gasteiger partial charge < -0.3 is 4.74 Å². The molecule has 3 rings (SSSR count). The molecule has 0 atom stereocenters. The number of pyridine rings is 1. The molecule has 3 aromatic rings. The molecule has 0 saturated heterocycles. The largest absolute Gasteiger partial charge is 0.469 e. The highest BCUT2D eigenvalue weighted by molar-refractivity contribution is 7.14. The van der Waals surface area contributed by atoms with Crippen LogP contribution in [0.15, 0.2) is 29.9 Å². The molecule has 0 radical (unpaired) electrons. The first kappa shape index (κ1) is 20.5. The van der Waals surface area contributed by atoms with Crippen molar-refractivity contribution in [1.29, 1.82) is 0 Å². The van der Waals surface area contributed by atoms with E-state index in [0.717, 1.165) is 17.4 Å². The fraction of sp³-hybridized carbons (Fsp3) is 0.235. The maximum atomic E-state index is 12.7. The minimum Gasteiger partial charge on any atom is -0.469 e. The number of esters is 1. The van der Waals surface area contributed by atoms with Crippen LogP contribution in [0.1, 0.15) is 27.3 Å². The molecule has 0 unspecified atom stereocenters. The van der Waals surface area contributed by atoms with E-state index >= 15 is 0 Å². The molecule has 0 fully saturated rings.